The highest BCUT2D eigenvalue weighted by atomic mass is 19.4. The fraction of sp³-hybridized carbons (Fsp3) is 1.00. The molecule has 0 bridgehead atoms. The summed E-state index contributed by atoms with van der Waals surface area (Å²) < 4.78 is 58.7. The quantitative estimate of drug-likeness (QED) is 0.680. The average Bonchev–Trinajstić information content (AvgIpc) is 1.81. The Morgan fingerprint density at radius 3 is 1.83 bits per heavy atom. The zero-order valence-corrected chi connectivity index (χ0v) is 6.46. The van der Waals surface area contributed by atoms with Gasteiger partial charge < -0.3 is 5.73 Å². The highest BCUT2D eigenvalue weighted by Gasteiger charge is 2.56. The van der Waals surface area contributed by atoms with Gasteiger partial charge in [-0.05, 0) is 13.3 Å². The molecule has 0 saturated heterocycles. The molecule has 1 atom stereocenters. The van der Waals surface area contributed by atoms with Gasteiger partial charge in [0.2, 0.25) is 0 Å². The summed E-state index contributed by atoms with van der Waals surface area (Å²) in [4.78, 5) is 0. The second-order valence-electron chi connectivity index (χ2n) is 2.72. The molecule has 0 saturated carbocycles. The van der Waals surface area contributed by atoms with Crippen molar-refractivity contribution >= 4 is 0 Å². The van der Waals surface area contributed by atoms with E-state index in [2.05, 4.69) is 0 Å². The van der Waals surface area contributed by atoms with Crippen LogP contribution in [0, 0.1) is 0 Å². The number of rotatable bonds is 3. The minimum atomic E-state index is -5.46. The molecule has 0 unspecified atom stereocenters. The van der Waals surface area contributed by atoms with E-state index in [1.54, 1.807) is 0 Å². The van der Waals surface area contributed by atoms with Crippen LogP contribution < -0.4 is 5.73 Å². The third kappa shape index (κ3) is 3.34. The van der Waals surface area contributed by atoms with Gasteiger partial charge in [-0.25, -0.2) is 0 Å². The van der Waals surface area contributed by atoms with Gasteiger partial charge in [0.25, 0.3) is 0 Å². The van der Waals surface area contributed by atoms with Crippen molar-refractivity contribution < 1.29 is 22.0 Å². The molecule has 2 N–H and O–H groups in total. The van der Waals surface area contributed by atoms with Gasteiger partial charge in [-0.2, -0.15) is 22.0 Å². The first-order chi connectivity index (χ1) is 5.17. The Morgan fingerprint density at radius 1 is 1.17 bits per heavy atom. The van der Waals surface area contributed by atoms with E-state index in [1.807, 2.05) is 0 Å². The molecule has 0 spiro atoms. The predicted octanol–water partition coefficient (Wildman–Crippen LogP) is 2.31. The maximum atomic E-state index is 12.1. The van der Waals surface area contributed by atoms with Crippen LogP contribution in [0.5, 0.6) is 0 Å². The number of alkyl halides is 5. The van der Waals surface area contributed by atoms with Crippen LogP contribution >= 0.6 is 0 Å². The smallest absolute Gasteiger partial charge is 0.328 e. The van der Waals surface area contributed by atoms with E-state index in [-0.39, 0.29) is 6.42 Å². The maximum absolute atomic E-state index is 12.1. The number of hydrogen-bond donors (Lipinski definition) is 1. The van der Waals surface area contributed by atoms with E-state index in [9.17, 15) is 22.0 Å². The molecule has 0 aliphatic heterocycles. The highest BCUT2D eigenvalue weighted by molar-refractivity contribution is 4.76. The van der Waals surface area contributed by atoms with E-state index in [4.69, 9.17) is 5.73 Å². The van der Waals surface area contributed by atoms with Crippen LogP contribution in [0.4, 0.5) is 22.0 Å². The summed E-state index contributed by atoms with van der Waals surface area (Å²) in [5.41, 5.74) is 5.04. The molecule has 0 radical (unpaired) electrons. The normalized spacial score (nSPS) is 16.2. The minimum Gasteiger partial charge on any atom is -0.328 e. The summed E-state index contributed by atoms with van der Waals surface area (Å²) >= 11 is 0. The van der Waals surface area contributed by atoms with E-state index < -0.39 is 24.6 Å². The van der Waals surface area contributed by atoms with Crippen molar-refractivity contribution in [2.75, 3.05) is 0 Å². The molecular formula is C6H10F5N. The lowest BCUT2D eigenvalue weighted by molar-refractivity contribution is -0.284. The summed E-state index contributed by atoms with van der Waals surface area (Å²) in [6.07, 6.45) is -7.04. The Kier molecular flexibility index (Phi) is 3.44. The Morgan fingerprint density at radius 2 is 1.58 bits per heavy atom. The standard InChI is InChI=1S/C6H10F5N/c1-4(12)2-3-5(7,8)6(9,10)11/h4H,2-3,12H2,1H3/t4-/m1/s1. The molecule has 12 heavy (non-hydrogen) atoms. The van der Waals surface area contributed by atoms with Crippen molar-refractivity contribution in [2.45, 2.75) is 37.9 Å². The first-order valence-electron chi connectivity index (χ1n) is 3.37. The molecule has 0 aliphatic rings. The van der Waals surface area contributed by atoms with Crippen LogP contribution in [-0.2, 0) is 0 Å². The monoisotopic (exact) mass is 191 g/mol. The van der Waals surface area contributed by atoms with Gasteiger partial charge in [-0.3, -0.25) is 0 Å². The van der Waals surface area contributed by atoms with Crippen LogP contribution in [0.1, 0.15) is 19.8 Å². The van der Waals surface area contributed by atoms with Crippen LogP contribution in [0.15, 0.2) is 0 Å². The summed E-state index contributed by atoms with van der Waals surface area (Å²) in [7, 11) is 0. The van der Waals surface area contributed by atoms with Crippen molar-refractivity contribution in [3.63, 3.8) is 0 Å². The number of halogens is 5. The highest BCUT2D eigenvalue weighted by Crippen LogP contribution is 2.38. The fourth-order valence-corrected chi connectivity index (χ4v) is 0.551. The molecule has 6 heteroatoms. The van der Waals surface area contributed by atoms with E-state index in [0.29, 0.717) is 0 Å². The SMILES string of the molecule is C[C@@H](N)CCC(F)(F)C(F)(F)F. The van der Waals surface area contributed by atoms with Crippen LogP contribution in [0.3, 0.4) is 0 Å². The molecule has 0 amide bonds. The summed E-state index contributed by atoms with van der Waals surface area (Å²) in [6.45, 7) is 1.38. The van der Waals surface area contributed by atoms with E-state index >= 15 is 0 Å². The molecule has 1 nitrogen and oxygen atoms in total. The number of hydrogen-bond acceptors (Lipinski definition) is 1. The Hall–Kier alpha value is -0.390. The molecule has 0 aromatic heterocycles. The lowest BCUT2D eigenvalue weighted by Crippen LogP contribution is -2.37. The van der Waals surface area contributed by atoms with Gasteiger partial charge in [0.05, 0.1) is 0 Å². The fourth-order valence-electron chi connectivity index (χ4n) is 0.551. The van der Waals surface area contributed by atoms with Gasteiger partial charge >= 0.3 is 12.1 Å². The minimum absolute atomic E-state index is 0.341. The van der Waals surface area contributed by atoms with Crippen molar-refractivity contribution in [3.8, 4) is 0 Å². The third-order valence-electron chi connectivity index (χ3n) is 1.33. The summed E-state index contributed by atoms with van der Waals surface area (Å²) in [5, 5.41) is 0. The zero-order valence-electron chi connectivity index (χ0n) is 6.46. The second kappa shape index (κ2) is 3.55. The Bertz CT molecular complexity index is 139. The predicted molar refractivity (Wildman–Crippen MR) is 33.9 cm³/mol. The molecule has 0 rings (SSSR count). The average molecular weight is 191 g/mol. The lowest BCUT2D eigenvalue weighted by atomic mass is 10.1. The maximum Gasteiger partial charge on any atom is 0.453 e. The first-order valence-corrected chi connectivity index (χ1v) is 3.37. The molecule has 74 valence electrons. The summed E-state index contributed by atoms with van der Waals surface area (Å²) in [5.74, 6) is -4.61. The zero-order chi connectivity index (χ0) is 9.99. The molecule has 0 fully saturated rings. The number of nitrogens with two attached hydrogens (primary N) is 1. The van der Waals surface area contributed by atoms with Gasteiger partial charge in [-0.15, -0.1) is 0 Å². The summed E-state index contributed by atoms with van der Waals surface area (Å²) in [6, 6.07) is -0.641. The molecular weight excluding hydrogens is 181 g/mol. The van der Waals surface area contributed by atoms with E-state index in [1.165, 1.54) is 6.92 Å². The van der Waals surface area contributed by atoms with Gasteiger partial charge in [0.15, 0.2) is 0 Å². The molecule has 0 aromatic carbocycles. The van der Waals surface area contributed by atoms with Gasteiger partial charge in [0.1, 0.15) is 0 Å². The third-order valence-corrected chi connectivity index (χ3v) is 1.33. The Labute approximate surface area is 66.7 Å². The second-order valence-corrected chi connectivity index (χ2v) is 2.72. The van der Waals surface area contributed by atoms with Crippen molar-refractivity contribution in [1.29, 1.82) is 0 Å². The Balaban J connectivity index is 4.05. The van der Waals surface area contributed by atoms with Gasteiger partial charge in [-0.1, -0.05) is 0 Å². The molecule has 0 aromatic rings. The first kappa shape index (κ1) is 11.6. The van der Waals surface area contributed by atoms with Gasteiger partial charge in [0, 0.05) is 12.5 Å². The van der Waals surface area contributed by atoms with Crippen LogP contribution in [0.2, 0.25) is 0 Å². The molecule has 0 aliphatic carbocycles. The lowest BCUT2D eigenvalue weighted by Gasteiger charge is -2.19. The molecule has 0 heterocycles. The van der Waals surface area contributed by atoms with E-state index in [0.717, 1.165) is 0 Å². The van der Waals surface area contributed by atoms with Crippen LogP contribution in [-0.4, -0.2) is 18.1 Å². The van der Waals surface area contributed by atoms with Crippen molar-refractivity contribution in [2.24, 2.45) is 5.73 Å². The largest absolute Gasteiger partial charge is 0.453 e. The van der Waals surface area contributed by atoms with Crippen molar-refractivity contribution in [3.05, 3.63) is 0 Å². The topological polar surface area (TPSA) is 26.0 Å². The van der Waals surface area contributed by atoms with Crippen LogP contribution in [0.25, 0.3) is 0 Å². The van der Waals surface area contributed by atoms with Crippen molar-refractivity contribution in [1.82, 2.24) is 0 Å².